The zero-order chi connectivity index (χ0) is 23.7. The molecule has 1 fully saturated rings. The summed E-state index contributed by atoms with van der Waals surface area (Å²) in [6.07, 6.45) is 6.68. The monoisotopic (exact) mass is 470 g/mol. The number of anilines is 1. The van der Waals surface area contributed by atoms with Gasteiger partial charge in [-0.2, -0.15) is 4.31 Å². The maximum atomic E-state index is 12.7. The van der Waals surface area contributed by atoms with Gasteiger partial charge in [-0.25, -0.2) is 13.2 Å². The minimum atomic E-state index is -3.44. The number of hydrogen-bond acceptors (Lipinski definition) is 5. The fourth-order valence-electron chi connectivity index (χ4n) is 3.60. The number of aryl methyl sites for hydroxylation is 1. The summed E-state index contributed by atoms with van der Waals surface area (Å²) in [5.74, 6) is -0.526. The van der Waals surface area contributed by atoms with E-state index in [0.29, 0.717) is 36.7 Å². The minimum Gasteiger partial charge on any atom is -0.463 e. The highest BCUT2D eigenvalue weighted by Gasteiger charge is 2.25. The van der Waals surface area contributed by atoms with Crippen LogP contribution in [0.25, 0.3) is 6.08 Å². The SMILES string of the molecule is CCOC(=O)C=Cc1ccc(NC(=O)CCc2ccc(S(=O)(=O)N3CCCCC3)cc2)cc1. The van der Waals surface area contributed by atoms with Crippen molar-refractivity contribution in [3.05, 3.63) is 65.7 Å². The van der Waals surface area contributed by atoms with Crippen LogP contribution in [-0.2, 0) is 30.8 Å². The number of nitrogens with zero attached hydrogens (tertiary/aromatic N) is 1. The van der Waals surface area contributed by atoms with E-state index in [4.69, 9.17) is 4.74 Å². The average Bonchev–Trinajstić information content (AvgIpc) is 2.83. The second-order valence-electron chi connectivity index (χ2n) is 7.86. The van der Waals surface area contributed by atoms with Gasteiger partial charge in [0.15, 0.2) is 0 Å². The number of esters is 1. The second-order valence-corrected chi connectivity index (χ2v) is 9.80. The maximum Gasteiger partial charge on any atom is 0.330 e. The molecule has 1 saturated heterocycles. The van der Waals surface area contributed by atoms with Gasteiger partial charge in [-0.05, 0) is 67.7 Å². The Morgan fingerprint density at radius 1 is 1.00 bits per heavy atom. The highest BCUT2D eigenvalue weighted by molar-refractivity contribution is 7.89. The number of hydrogen-bond donors (Lipinski definition) is 1. The fourth-order valence-corrected chi connectivity index (χ4v) is 5.11. The van der Waals surface area contributed by atoms with Crippen LogP contribution in [0.1, 0.15) is 43.7 Å². The summed E-state index contributed by atoms with van der Waals surface area (Å²) < 4.78 is 31.9. The number of nitrogens with one attached hydrogen (secondary N) is 1. The summed E-state index contributed by atoms with van der Waals surface area (Å²) in [4.78, 5) is 24.0. The third-order valence-electron chi connectivity index (χ3n) is 5.41. The van der Waals surface area contributed by atoms with Crippen molar-refractivity contribution in [3.63, 3.8) is 0 Å². The molecule has 33 heavy (non-hydrogen) atoms. The van der Waals surface area contributed by atoms with E-state index in [9.17, 15) is 18.0 Å². The molecule has 1 N–H and O–H groups in total. The molecule has 2 aromatic carbocycles. The van der Waals surface area contributed by atoms with Gasteiger partial charge >= 0.3 is 5.97 Å². The van der Waals surface area contributed by atoms with Crippen molar-refractivity contribution in [2.24, 2.45) is 0 Å². The molecule has 0 aliphatic carbocycles. The quantitative estimate of drug-likeness (QED) is 0.442. The molecule has 0 saturated carbocycles. The van der Waals surface area contributed by atoms with Crippen LogP contribution in [0.2, 0.25) is 0 Å². The molecule has 1 heterocycles. The maximum absolute atomic E-state index is 12.7. The Bertz CT molecular complexity index is 1070. The Labute approximate surface area is 195 Å². The lowest BCUT2D eigenvalue weighted by molar-refractivity contribution is -0.137. The summed E-state index contributed by atoms with van der Waals surface area (Å²) >= 11 is 0. The smallest absolute Gasteiger partial charge is 0.330 e. The molecule has 0 spiro atoms. The molecule has 1 aliphatic heterocycles. The summed E-state index contributed by atoms with van der Waals surface area (Å²) in [6.45, 7) is 3.23. The van der Waals surface area contributed by atoms with Crippen molar-refractivity contribution >= 4 is 33.7 Å². The van der Waals surface area contributed by atoms with Gasteiger partial charge in [-0.1, -0.05) is 30.7 Å². The third-order valence-corrected chi connectivity index (χ3v) is 7.32. The largest absolute Gasteiger partial charge is 0.463 e. The molecule has 0 atom stereocenters. The molecular weight excluding hydrogens is 440 g/mol. The van der Waals surface area contributed by atoms with Crippen LogP contribution in [0, 0.1) is 0 Å². The van der Waals surface area contributed by atoms with Gasteiger partial charge < -0.3 is 10.1 Å². The van der Waals surface area contributed by atoms with Crippen LogP contribution in [0.15, 0.2) is 59.5 Å². The molecular formula is C25H30N2O5S. The predicted molar refractivity (Wildman–Crippen MR) is 128 cm³/mol. The third kappa shape index (κ3) is 7.27. The zero-order valence-corrected chi connectivity index (χ0v) is 19.6. The Balaban J connectivity index is 1.49. The van der Waals surface area contributed by atoms with E-state index < -0.39 is 16.0 Å². The van der Waals surface area contributed by atoms with E-state index in [1.54, 1.807) is 65.8 Å². The van der Waals surface area contributed by atoms with E-state index >= 15 is 0 Å². The van der Waals surface area contributed by atoms with Crippen LogP contribution in [0.4, 0.5) is 5.69 Å². The minimum absolute atomic E-state index is 0.130. The van der Waals surface area contributed by atoms with Crippen LogP contribution in [0.3, 0.4) is 0 Å². The van der Waals surface area contributed by atoms with E-state index in [-0.39, 0.29) is 12.3 Å². The van der Waals surface area contributed by atoms with Gasteiger partial charge in [0.05, 0.1) is 11.5 Å². The predicted octanol–water partition coefficient (Wildman–Crippen LogP) is 4.01. The van der Waals surface area contributed by atoms with E-state index in [1.807, 2.05) is 0 Å². The number of sulfonamides is 1. The van der Waals surface area contributed by atoms with Crippen molar-refractivity contribution in [1.29, 1.82) is 0 Å². The van der Waals surface area contributed by atoms with Crippen molar-refractivity contribution < 1.29 is 22.7 Å². The van der Waals surface area contributed by atoms with Crippen molar-refractivity contribution in [3.8, 4) is 0 Å². The molecule has 0 bridgehead atoms. The first-order chi connectivity index (χ1) is 15.9. The van der Waals surface area contributed by atoms with Gasteiger partial charge in [0.1, 0.15) is 0 Å². The highest BCUT2D eigenvalue weighted by Crippen LogP contribution is 2.21. The summed E-state index contributed by atoms with van der Waals surface area (Å²) in [5, 5.41) is 2.85. The summed E-state index contributed by atoms with van der Waals surface area (Å²) in [6, 6.07) is 13.9. The van der Waals surface area contributed by atoms with E-state index in [0.717, 1.165) is 30.4 Å². The highest BCUT2D eigenvalue weighted by atomic mass is 32.2. The van der Waals surface area contributed by atoms with Gasteiger partial charge in [0, 0.05) is 31.3 Å². The second kappa shape index (κ2) is 11.8. The topological polar surface area (TPSA) is 92.8 Å². The van der Waals surface area contributed by atoms with Gasteiger partial charge in [0.2, 0.25) is 15.9 Å². The number of piperidine rings is 1. The molecule has 3 rings (SSSR count). The molecule has 1 amide bonds. The Morgan fingerprint density at radius 3 is 2.30 bits per heavy atom. The first-order valence-electron chi connectivity index (χ1n) is 11.2. The number of carbonyl (C=O) groups is 2. The lowest BCUT2D eigenvalue weighted by Gasteiger charge is -2.25. The van der Waals surface area contributed by atoms with Gasteiger partial charge in [-0.3, -0.25) is 4.79 Å². The van der Waals surface area contributed by atoms with Crippen LogP contribution in [-0.4, -0.2) is 44.3 Å². The lowest BCUT2D eigenvalue weighted by atomic mass is 10.1. The number of ether oxygens (including phenoxy) is 1. The number of rotatable bonds is 9. The Hall–Kier alpha value is -2.97. The summed E-state index contributed by atoms with van der Waals surface area (Å²) in [5.41, 5.74) is 2.39. The Kier molecular flexibility index (Phi) is 8.79. The van der Waals surface area contributed by atoms with Crippen molar-refractivity contribution in [2.45, 2.75) is 43.9 Å². The fraction of sp³-hybridized carbons (Fsp3) is 0.360. The first kappa shape index (κ1) is 24.7. The van der Waals surface area contributed by atoms with E-state index in [2.05, 4.69) is 5.32 Å². The first-order valence-corrected chi connectivity index (χ1v) is 12.7. The average molecular weight is 471 g/mol. The molecule has 2 aromatic rings. The molecule has 0 unspecified atom stereocenters. The number of benzene rings is 2. The molecule has 176 valence electrons. The van der Waals surface area contributed by atoms with Crippen LogP contribution in [0.5, 0.6) is 0 Å². The zero-order valence-electron chi connectivity index (χ0n) is 18.8. The van der Waals surface area contributed by atoms with Gasteiger partial charge in [-0.15, -0.1) is 0 Å². The van der Waals surface area contributed by atoms with Crippen LogP contribution >= 0.6 is 0 Å². The van der Waals surface area contributed by atoms with Gasteiger partial charge in [0.25, 0.3) is 0 Å². The number of amides is 1. The van der Waals surface area contributed by atoms with E-state index in [1.165, 1.54) is 6.08 Å². The van der Waals surface area contributed by atoms with Crippen molar-refractivity contribution in [2.75, 3.05) is 25.0 Å². The van der Waals surface area contributed by atoms with Crippen molar-refractivity contribution in [1.82, 2.24) is 4.31 Å². The Morgan fingerprint density at radius 2 is 1.67 bits per heavy atom. The standard InChI is InChI=1S/C25H30N2O5S/c1-2-32-25(29)17-11-20-6-12-22(13-7-20)26-24(28)16-10-21-8-14-23(15-9-21)33(30,31)27-18-4-3-5-19-27/h6-9,11-15,17H,2-5,10,16,18-19H2,1H3,(H,26,28). The normalized spacial score (nSPS) is 14.8. The molecule has 0 aromatic heterocycles. The summed E-state index contributed by atoms with van der Waals surface area (Å²) in [7, 11) is -3.44. The molecule has 8 heteroatoms. The molecule has 1 aliphatic rings. The van der Waals surface area contributed by atoms with Crippen LogP contribution < -0.4 is 5.32 Å². The lowest BCUT2D eigenvalue weighted by Crippen LogP contribution is -2.35. The number of carbonyl (C=O) groups excluding carboxylic acids is 2. The molecule has 0 radical (unpaired) electrons. The molecule has 7 nitrogen and oxygen atoms in total.